The summed E-state index contributed by atoms with van der Waals surface area (Å²) in [6.07, 6.45) is 2.76. The molecule has 54 valence electrons. The average Bonchev–Trinajstić information content (AvgIpc) is 2.34. The summed E-state index contributed by atoms with van der Waals surface area (Å²) in [5.41, 5.74) is 1.71. The van der Waals surface area contributed by atoms with Crippen LogP contribution < -0.4 is 0 Å². The third-order valence-electron chi connectivity index (χ3n) is 1.38. The average molecular weight is 155 g/mol. The Morgan fingerprint density at radius 2 is 2.50 bits per heavy atom. The van der Waals surface area contributed by atoms with Crippen molar-refractivity contribution in [2.75, 3.05) is 0 Å². The maximum absolute atomic E-state index is 10.6. The molecule has 1 aromatic heterocycles. The second-order valence-corrected chi connectivity index (χ2v) is 2.49. The van der Waals surface area contributed by atoms with E-state index in [0.717, 1.165) is 12.0 Å². The summed E-state index contributed by atoms with van der Waals surface area (Å²) < 4.78 is 0. The van der Waals surface area contributed by atoms with E-state index in [1.165, 1.54) is 0 Å². The van der Waals surface area contributed by atoms with Gasteiger partial charge in [-0.3, -0.25) is 4.79 Å². The number of H-pyrrole nitrogens is 1. The Morgan fingerprint density at radius 3 is 2.80 bits per heavy atom. The summed E-state index contributed by atoms with van der Waals surface area (Å²) in [6.45, 7) is 2.04. The van der Waals surface area contributed by atoms with Gasteiger partial charge in [0.15, 0.2) is 0 Å². The van der Waals surface area contributed by atoms with Crippen LogP contribution in [0.15, 0.2) is 12.3 Å². The third-order valence-corrected chi connectivity index (χ3v) is 1.62. The molecule has 0 aliphatic heterocycles. The van der Waals surface area contributed by atoms with Crippen molar-refractivity contribution in [1.82, 2.24) is 4.98 Å². The quantitative estimate of drug-likeness (QED) is 0.625. The standard InChI is InChI=1S/C7H9NOS/c1-2-5-3-6(7(9)10)8-4-5/h3-4,8H,2H2,1H3,(H,9,10). The topological polar surface area (TPSA) is 32.9 Å². The second-order valence-electron chi connectivity index (χ2n) is 2.08. The normalized spacial score (nSPS) is 9.80. The van der Waals surface area contributed by atoms with Gasteiger partial charge in [0.25, 0.3) is 0 Å². The van der Waals surface area contributed by atoms with Crippen LogP contribution in [0.4, 0.5) is 0 Å². The van der Waals surface area contributed by atoms with Crippen LogP contribution in [-0.2, 0) is 6.42 Å². The van der Waals surface area contributed by atoms with Crippen LogP contribution in [-0.4, -0.2) is 10.1 Å². The first-order valence-electron chi connectivity index (χ1n) is 3.14. The van der Waals surface area contributed by atoms with Gasteiger partial charge in [-0.25, -0.2) is 0 Å². The van der Waals surface area contributed by atoms with Crippen molar-refractivity contribution in [3.63, 3.8) is 0 Å². The van der Waals surface area contributed by atoms with Gasteiger partial charge in [0, 0.05) is 6.20 Å². The molecular formula is C7H9NOS. The molecule has 0 aliphatic rings. The summed E-state index contributed by atoms with van der Waals surface area (Å²) in [4.78, 5) is 13.4. The Labute approximate surface area is 65.1 Å². The SMILES string of the molecule is CCc1c[nH]c(C(=O)S)c1. The number of thiol groups is 1. The lowest BCUT2D eigenvalue weighted by atomic mass is 10.2. The Bertz CT molecular complexity index is 242. The lowest BCUT2D eigenvalue weighted by Crippen LogP contribution is -1.85. The molecule has 0 radical (unpaired) electrons. The molecule has 0 amide bonds. The van der Waals surface area contributed by atoms with Crippen molar-refractivity contribution in [3.05, 3.63) is 23.5 Å². The molecule has 1 N–H and O–H groups in total. The number of carbonyl (C=O) groups excluding carboxylic acids is 1. The van der Waals surface area contributed by atoms with Crippen LogP contribution >= 0.6 is 12.6 Å². The van der Waals surface area contributed by atoms with E-state index < -0.39 is 0 Å². The number of aromatic nitrogens is 1. The van der Waals surface area contributed by atoms with E-state index in [-0.39, 0.29) is 5.12 Å². The monoisotopic (exact) mass is 155 g/mol. The molecule has 0 fully saturated rings. The number of rotatable bonds is 2. The lowest BCUT2D eigenvalue weighted by Gasteiger charge is -1.83. The molecule has 2 nitrogen and oxygen atoms in total. The van der Waals surface area contributed by atoms with Crippen LogP contribution in [0.25, 0.3) is 0 Å². The van der Waals surface area contributed by atoms with Crippen molar-refractivity contribution in [2.45, 2.75) is 13.3 Å². The molecule has 10 heavy (non-hydrogen) atoms. The molecule has 3 heteroatoms. The Balaban J connectivity index is 2.88. The van der Waals surface area contributed by atoms with E-state index in [1.54, 1.807) is 0 Å². The number of hydrogen-bond acceptors (Lipinski definition) is 1. The van der Waals surface area contributed by atoms with Gasteiger partial charge >= 0.3 is 0 Å². The minimum absolute atomic E-state index is 0.209. The van der Waals surface area contributed by atoms with E-state index in [0.29, 0.717) is 5.69 Å². The lowest BCUT2D eigenvalue weighted by molar-refractivity contribution is 0.108. The van der Waals surface area contributed by atoms with Gasteiger partial charge in [-0.15, -0.1) is 0 Å². The first kappa shape index (κ1) is 7.41. The molecule has 0 saturated carbocycles. The fourth-order valence-electron chi connectivity index (χ4n) is 0.767. The van der Waals surface area contributed by atoms with E-state index in [9.17, 15) is 4.79 Å². The fourth-order valence-corrected chi connectivity index (χ4v) is 0.896. The van der Waals surface area contributed by atoms with Crippen LogP contribution in [0.2, 0.25) is 0 Å². The molecular weight excluding hydrogens is 146 g/mol. The van der Waals surface area contributed by atoms with Crippen molar-refractivity contribution in [2.24, 2.45) is 0 Å². The van der Waals surface area contributed by atoms with Crippen molar-refractivity contribution in [1.29, 1.82) is 0 Å². The summed E-state index contributed by atoms with van der Waals surface area (Å²) >= 11 is 3.67. The van der Waals surface area contributed by atoms with Crippen molar-refractivity contribution in [3.8, 4) is 0 Å². The van der Waals surface area contributed by atoms with Gasteiger partial charge in [-0.2, -0.15) is 0 Å². The van der Waals surface area contributed by atoms with E-state index in [1.807, 2.05) is 19.2 Å². The number of hydrogen-bond donors (Lipinski definition) is 2. The smallest absolute Gasteiger partial charge is 0.232 e. The first-order valence-corrected chi connectivity index (χ1v) is 3.59. The molecule has 0 unspecified atom stereocenters. The molecule has 0 aliphatic carbocycles. The molecule has 0 atom stereocenters. The Morgan fingerprint density at radius 1 is 1.80 bits per heavy atom. The number of aromatic amines is 1. The van der Waals surface area contributed by atoms with Crippen LogP contribution in [0, 0.1) is 0 Å². The highest BCUT2D eigenvalue weighted by molar-refractivity contribution is 7.97. The maximum atomic E-state index is 10.6. The van der Waals surface area contributed by atoms with Crippen molar-refractivity contribution < 1.29 is 4.79 Å². The fraction of sp³-hybridized carbons (Fsp3) is 0.286. The van der Waals surface area contributed by atoms with Crippen LogP contribution in [0.1, 0.15) is 23.0 Å². The first-order chi connectivity index (χ1) is 4.74. The second kappa shape index (κ2) is 2.92. The zero-order valence-corrected chi connectivity index (χ0v) is 6.61. The highest BCUT2D eigenvalue weighted by atomic mass is 32.1. The van der Waals surface area contributed by atoms with Gasteiger partial charge in [0.2, 0.25) is 5.12 Å². The van der Waals surface area contributed by atoms with Crippen LogP contribution in [0.3, 0.4) is 0 Å². The number of nitrogens with one attached hydrogen (secondary N) is 1. The molecule has 1 aromatic rings. The summed E-state index contributed by atoms with van der Waals surface area (Å²) in [5, 5.41) is -0.209. The Hall–Kier alpha value is -0.700. The van der Waals surface area contributed by atoms with Gasteiger partial charge in [-0.1, -0.05) is 19.6 Å². The Kier molecular flexibility index (Phi) is 2.17. The zero-order valence-electron chi connectivity index (χ0n) is 5.72. The van der Waals surface area contributed by atoms with Crippen molar-refractivity contribution >= 4 is 17.7 Å². The zero-order chi connectivity index (χ0) is 7.56. The summed E-state index contributed by atoms with van der Waals surface area (Å²) in [5.74, 6) is 0. The molecule has 0 bridgehead atoms. The molecule has 0 aromatic carbocycles. The van der Waals surface area contributed by atoms with Crippen LogP contribution in [0.5, 0.6) is 0 Å². The maximum Gasteiger partial charge on any atom is 0.232 e. The largest absolute Gasteiger partial charge is 0.358 e. The van der Waals surface area contributed by atoms with Gasteiger partial charge in [0.1, 0.15) is 0 Å². The molecule has 0 spiro atoms. The summed E-state index contributed by atoms with van der Waals surface area (Å²) in [6, 6.07) is 1.81. The highest BCUT2D eigenvalue weighted by Gasteiger charge is 2.01. The van der Waals surface area contributed by atoms with E-state index >= 15 is 0 Å². The minimum atomic E-state index is -0.209. The summed E-state index contributed by atoms with van der Waals surface area (Å²) in [7, 11) is 0. The van der Waals surface area contributed by atoms with Gasteiger partial charge in [0.05, 0.1) is 5.69 Å². The third kappa shape index (κ3) is 1.42. The van der Waals surface area contributed by atoms with E-state index in [4.69, 9.17) is 0 Å². The highest BCUT2D eigenvalue weighted by Crippen LogP contribution is 2.05. The molecule has 1 rings (SSSR count). The predicted molar refractivity (Wildman–Crippen MR) is 43.5 cm³/mol. The van der Waals surface area contributed by atoms with Gasteiger partial charge in [-0.05, 0) is 18.1 Å². The molecule has 0 saturated heterocycles. The number of carbonyl (C=O) groups is 1. The molecule has 1 heterocycles. The van der Waals surface area contributed by atoms with E-state index in [2.05, 4.69) is 17.6 Å². The van der Waals surface area contributed by atoms with Gasteiger partial charge < -0.3 is 4.98 Å². The minimum Gasteiger partial charge on any atom is -0.358 e. The predicted octanol–water partition coefficient (Wildman–Crippen LogP) is 1.65. The number of aryl methyl sites for hydroxylation is 1.